The molecule has 0 bridgehead atoms. The molecule has 0 heterocycles. The Balaban J connectivity index is 2.15. The van der Waals surface area contributed by atoms with Crippen LogP contribution in [0.2, 0.25) is 0 Å². The first-order chi connectivity index (χ1) is 11.2. The molecule has 0 spiro atoms. The predicted octanol–water partition coefficient (Wildman–Crippen LogP) is 3.39. The van der Waals surface area contributed by atoms with Crippen molar-refractivity contribution in [3.63, 3.8) is 0 Å². The predicted molar refractivity (Wildman–Crippen MR) is 78.1 cm³/mol. The zero-order valence-corrected chi connectivity index (χ0v) is 13.2. The molecule has 2 rings (SSSR count). The summed E-state index contributed by atoms with van der Waals surface area (Å²) >= 11 is 0. The van der Waals surface area contributed by atoms with E-state index in [4.69, 9.17) is 0 Å². The number of halogens is 4. The maximum atomic E-state index is 13.2. The molecule has 130 valence electrons. The first-order valence-electron chi connectivity index (χ1n) is 6.65. The van der Waals surface area contributed by atoms with Gasteiger partial charge in [-0.3, -0.25) is 0 Å². The zero-order chi connectivity index (χ0) is 17.9. The van der Waals surface area contributed by atoms with Crippen LogP contribution in [0.4, 0.5) is 17.6 Å². The third kappa shape index (κ3) is 4.24. The van der Waals surface area contributed by atoms with Crippen molar-refractivity contribution in [1.29, 1.82) is 0 Å². The lowest BCUT2D eigenvalue weighted by Gasteiger charge is -2.17. The van der Waals surface area contributed by atoms with Crippen LogP contribution in [-0.4, -0.2) is 26.4 Å². The molecule has 0 saturated heterocycles. The van der Waals surface area contributed by atoms with Crippen LogP contribution in [0, 0.1) is 11.6 Å². The molecule has 9 heteroatoms. The van der Waals surface area contributed by atoms with Crippen molar-refractivity contribution in [2.24, 2.45) is 0 Å². The molecule has 4 nitrogen and oxygen atoms in total. The highest BCUT2D eigenvalue weighted by atomic mass is 32.2. The Kier molecular flexibility index (Phi) is 5.45. The number of sulfonamides is 1. The van der Waals surface area contributed by atoms with E-state index < -0.39 is 28.3 Å². The Morgan fingerprint density at radius 2 is 1.67 bits per heavy atom. The number of nitrogens with zero attached hydrogens (tertiary/aromatic N) is 1. The third-order valence-electron chi connectivity index (χ3n) is 3.15. The van der Waals surface area contributed by atoms with Gasteiger partial charge in [0.05, 0.1) is 4.90 Å². The fourth-order valence-corrected chi connectivity index (χ4v) is 3.11. The lowest BCUT2D eigenvalue weighted by Crippen LogP contribution is -2.26. The van der Waals surface area contributed by atoms with E-state index in [1.807, 2.05) is 0 Å². The molecule has 24 heavy (non-hydrogen) atoms. The molecule has 0 amide bonds. The normalized spacial score (nSPS) is 12.0. The van der Waals surface area contributed by atoms with Crippen molar-refractivity contribution < 1.29 is 30.7 Å². The molecule has 0 fully saturated rings. The summed E-state index contributed by atoms with van der Waals surface area (Å²) in [6, 6.07) is 7.69. The average Bonchev–Trinajstić information content (AvgIpc) is 2.51. The van der Waals surface area contributed by atoms with Gasteiger partial charge in [0.15, 0.2) is 11.6 Å². The van der Waals surface area contributed by atoms with E-state index in [9.17, 15) is 26.0 Å². The van der Waals surface area contributed by atoms with Crippen molar-refractivity contribution in [1.82, 2.24) is 4.31 Å². The molecular weight excluding hydrogens is 350 g/mol. The molecule has 0 radical (unpaired) electrons. The van der Waals surface area contributed by atoms with Gasteiger partial charge in [0, 0.05) is 13.6 Å². The fraction of sp³-hybridized carbons (Fsp3) is 0.200. The smallest absolute Gasteiger partial charge is 0.387 e. The molecule has 0 aliphatic rings. The number of hydrogen-bond donors (Lipinski definition) is 0. The van der Waals surface area contributed by atoms with Crippen LogP contribution in [0.1, 0.15) is 5.56 Å². The van der Waals surface area contributed by atoms with Gasteiger partial charge < -0.3 is 4.74 Å². The van der Waals surface area contributed by atoms with Gasteiger partial charge in [0.25, 0.3) is 0 Å². The minimum atomic E-state index is -4.03. The number of rotatable bonds is 6. The third-order valence-corrected chi connectivity index (χ3v) is 4.95. The highest BCUT2D eigenvalue weighted by molar-refractivity contribution is 7.89. The summed E-state index contributed by atoms with van der Waals surface area (Å²) in [7, 11) is -2.77. The van der Waals surface area contributed by atoms with Crippen molar-refractivity contribution in [2.75, 3.05) is 7.05 Å². The van der Waals surface area contributed by atoms with Gasteiger partial charge in [-0.1, -0.05) is 12.1 Å². The van der Waals surface area contributed by atoms with Crippen LogP contribution in [0.3, 0.4) is 0 Å². The molecule has 0 aromatic heterocycles. The Hall–Kier alpha value is -2.13. The maximum Gasteiger partial charge on any atom is 0.387 e. The van der Waals surface area contributed by atoms with E-state index in [0.717, 1.165) is 16.4 Å². The summed E-state index contributed by atoms with van der Waals surface area (Å²) < 4.78 is 80.0. The largest absolute Gasteiger partial charge is 0.435 e. The minimum Gasteiger partial charge on any atom is -0.435 e. The zero-order valence-electron chi connectivity index (χ0n) is 12.4. The number of benzene rings is 2. The van der Waals surface area contributed by atoms with Crippen molar-refractivity contribution >= 4 is 10.0 Å². The molecule has 2 aromatic rings. The van der Waals surface area contributed by atoms with Gasteiger partial charge in [-0.25, -0.2) is 17.2 Å². The lowest BCUT2D eigenvalue weighted by molar-refractivity contribution is -0.0498. The van der Waals surface area contributed by atoms with E-state index in [-0.39, 0.29) is 17.2 Å². The number of hydrogen-bond acceptors (Lipinski definition) is 3. The first kappa shape index (κ1) is 18.2. The molecule has 0 aliphatic carbocycles. The SMILES string of the molecule is CN(Cc1ccc(OC(F)F)cc1)S(=O)(=O)c1ccc(F)c(F)c1. The molecule has 0 atom stereocenters. The summed E-state index contributed by atoms with van der Waals surface area (Å²) in [6.45, 7) is -3.04. The van der Waals surface area contributed by atoms with Crippen molar-refractivity contribution in [2.45, 2.75) is 18.1 Å². The quantitative estimate of drug-likeness (QED) is 0.739. The maximum absolute atomic E-state index is 13.2. The van der Waals surface area contributed by atoms with E-state index in [0.29, 0.717) is 11.6 Å². The number of alkyl halides is 2. The Bertz CT molecular complexity index is 810. The van der Waals surface area contributed by atoms with Crippen LogP contribution in [0.15, 0.2) is 47.4 Å². The Morgan fingerprint density at radius 3 is 2.21 bits per heavy atom. The first-order valence-corrected chi connectivity index (χ1v) is 8.09. The second kappa shape index (κ2) is 7.18. The van der Waals surface area contributed by atoms with Gasteiger partial charge in [-0.2, -0.15) is 13.1 Å². The number of ether oxygens (including phenoxy) is 1. The summed E-state index contributed by atoms with van der Waals surface area (Å²) in [5, 5.41) is 0. The van der Waals surface area contributed by atoms with Crippen LogP contribution in [0.25, 0.3) is 0 Å². The molecule has 2 aromatic carbocycles. The fourth-order valence-electron chi connectivity index (χ4n) is 1.94. The Morgan fingerprint density at radius 1 is 1.04 bits per heavy atom. The van der Waals surface area contributed by atoms with Crippen LogP contribution in [0.5, 0.6) is 5.75 Å². The summed E-state index contributed by atoms with van der Waals surface area (Å²) in [5.41, 5.74) is 0.505. The summed E-state index contributed by atoms with van der Waals surface area (Å²) in [4.78, 5) is -0.387. The minimum absolute atomic E-state index is 0.0557. The summed E-state index contributed by atoms with van der Waals surface area (Å²) in [6.07, 6.45) is 0. The standard InChI is InChI=1S/C15H13F4NO3S/c1-20(9-10-2-4-11(5-3-10)23-15(18)19)24(21,22)12-6-7-13(16)14(17)8-12/h2-8,15H,9H2,1H3. The average molecular weight is 363 g/mol. The van der Waals surface area contributed by atoms with Crippen LogP contribution >= 0.6 is 0 Å². The second-order valence-corrected chi connectivity index (χ2v) is 6.90. The topological polar surface area (TPSA) is 46.6 Å². The molecule has 0 unspecified atom stereocenters. The van der Waals surface area contributed by atoms with Crippen LogP contribution < -0.4 is 4.74 Å². The van der Waals surface area contributed by atoms with E-state index >= 15 is 0 Å². The van der Waals surface area contributed by atoms with E-state index in [1.165, 1.54) is 31.3 Å². The van der Waals surface area contributed by atoms with Gasteiger partial charge >= 0.3 is 6.61 Å². The van der Waals surface area contributed by atoms with Gasteiger partial charge in [-0.15, -0.1) is 0 Å². The lowest BCUT2D eigenvalue weighted by atomic mass is 10.2. The van der Waals surface area contributed by atoms with Gasteiger partial charge in [-0.05, 0) is 35.9 Å². The van der Waals surface area contributed by atoms with Gasteiger partial charge in [0.1, 0.15) is 5.75 Å². The van der Waals surface area contributed by atoms with Crippen molar-refractivity contribution in [3.05, 3.63) is 59.7 Å². The molecule has 0 N–H and O–H groups in total. The van der Waals surface area contributed by atoms with E-state index in [2.05, 4.69) is 4.74 Å². The van der Waals surface area contributed by atoms with E-state index in [1.54, 1.807) is 0 Å². The molecule has 0 saturated carbocycles. The van der Waals surface area contributed by atoms with Crippen molar-refractivity contribution in [3.8, 4) is 5.75 Å². The van der Waals surface area contributed by atoms with Crippen LogP contribution in [-0.2, 0) is 16.6 Å². The van der Waals surface area contributed by atoms with Gasteiger partial charge in [0.2, 0.25) is 10.0 Å². The summed E-state index contributed by atoms with van der Waals surface area (Å²) in [5.74, 6) is -2.47. The molecule has 0 aliphatic heterocycles. The molecular formula is C15H13F4NO3S. The highest BCUT2D eigenvalue weighted by Gasteiger charge is 2.22. The Labute approximate surface area is 136 Å². The highest BCUT2D eigenvalue weighted by Crippen LogP contribution is 2.21. The second-order valence-electron chi connectivity index (χ2n) is 4.86. The monoisotopic (exact) mass is 363 g/mol.